The molecule has 0 radical (unpaired) electrons. The second kappa shape index (κ2) is 6.50. The van der Waals surface area contributed by atoms with Gasteiger partial charge in [-0.2, -0.15) is 9.37 Å². The van der Waals surface area contributed by atoms with Crippen molar-refractivity contribution in [2.75, 3.05) is 32.8 Å². The fourth-order valence-corrected chi connectivity index (χ4v) is 2.93. The van der Waals surface area contributed by atoms with Crippen LogP contribution in [0, 0.1) is 11.9 Å². The molecule has 1 unspecified atom stereocenters. The molecule has 0 saturated carbocycles. The fraction of sp³-hybridized carbons (Fsp3) is 0.667. The van der Waals surface area contributed by atoms with Gasteiger partial charge in [-0.3, -0.25) is 0 Å². The topological polar surface area (TPSA) is 34.6 Å². The molecule has 5 heteroatoms. The molecule has 3 heterocycles. The summed E-state index contributed by atoms with van der Waals surface area (Å²) in [4.78, 5) is 6.23. The summed E-state index contributed by atoms with van der Waals surface area (Å²) in [5, 5.41) is 0. The minimum absolute atomic E-state index is 0.153. The molecule has 2 aliphatic heterocycles. The second-order valence-corrected chi connectivity index (χ2v) is 5.65. The molecule has 1 atom stereocenters. The molecule has 0 spiro atoms. The van der Waals surface area contributed by atoms with Crippen LogP contribution < -0.4 is 4.74 Å². The molecule has 0 aromatic carbocycles. The Labute approximate surface area is 118 Å². The first-order chi connectivity index (χ1) is 9.79. The molecule has 4 nitrogen and oxygen atoms in total. The highest BCUT2D eigenvalue weighted by atomic mass is 19.1. The summed E-state index contributed by atoms with van der Waals surface area (Å²) in [5.74, 6) is 0.603. The minimum Gasteiger partial charge on any atom is -0.474 e. The molecule has 0 bridgehead atoms. The highest BCUT2D eigenvalue weighted by molar-refractivity contribution is 5.10. The molecule has 3 rings (SSSR count). The van der Waals surface area contributed by atoms with Gasteiger partial charge in [0.15, 0.2) is 0 Å². The van der Waals surface area contributed by atoms with Gasteiger partial charge in [0.05, 0.1) is 6.61 Å². The standard InChI is InChI=1S/C15H21FN2O2/c16-14-2-1-3-15(17-14)20-13-4-7-18(8-5-13)10-12-6-9-19-11-12/h1-3,12-13H,4-11H2. The van der Waals surface area contributed by atoms with Gasteiger partial charge in [0.1, 0.15) is 6.10 Å². The number of hydrogen-bond acceptors (Lipinski definition) is 4. The Kier molecular flexibility index (Phi) is 4.47. The van der Waals surface area contributed by atoms with Gasteiger partial charge >= 0.3 is 0 Å². The van der Waals surface area contributed by atoms with Crippen LogP contribution in [0.25, 0.3) is 0 Å². The van der Waals surface area contributed by atoms with Crippen molar-refractivity contribution in [2.24, 2.45) is 5.92 Å². The maximum atomic E-state index is 13.0. The van der Waals surface area contributed by atoms with Crippen molar-refractivity contribution < 1.29 is 13.9 Å². The summed E-state index contributed by atoms with van der Waals surface area (Å²) >= 11 is 0. The molecule has 2 aliphatic rings. The average Bonchev–Trinajstić information content (AvgIpc) is 2.94. The van der Waals surface area contributed by atoms with E-state index >= 15 is 0 Å². The maximum absolute atomic E-state index is 13.0. The van der Waals surface area contributed by atoms with Crippen LogP contribution in [0.5, 0.6) is 5.88 Å². The zero-order chi connectivity index (χ0) is 13.8. The Bertz CT molecular complexity index is 430. The van der Waals surface area contributed by atoms with Gasteiger partial charge in [0.2, 0.25) is 11.8 Å². The number of aromatic nitrogens is 1. The third-order valence-electron chi connectivity index (χ3n) is 4.05. The van der Waals surface area contributed by atoms with Crippen molar-refractivity contribution in [1.82, 2.24) is 9.88 Å². The highest BCUT2D eigenvalue weighted by Gasteiger charge is 2.24. The summed E-state index contributed by atoms with van der Waals surface area (Å²) in [5.41, 5.74) is 0. The summed E-state index contributed by atoms with van der Waals surface area (Å²) in [6, 6.07) is 4.68. The van der Waals surface area contributed by atoms with E-state index in [2.05, 4.69) is 9.88 Å². The van der Waals surface area contributed by atoms with E-state index in [0.29, 0.717) is 11.8 Å². The van der Waals surface area contributed by atoms with Gasteiger partial charge in [-0.25, -0.2) is 0 Å². The number of rotatable bonds is 4. The SMILES string of the molecule is Fc1cccc(OC2CCN(CC3CCOC3)CC2)n1. The minimum atomic E-state index is -0.485. The molecule has 2 saturated heterocycles. The lowest BCUT2D eigenvalue weighted by Crippen LogP contribution is -2.40. The number of halogens is 1. The molecule has 1 aromatic rings. The van der Waals surface area contributed by atoms with Crippen molar-refractivity contribution in [2.45, 2.75) is 25.4 Å². The molecule has 0 N–H and O–H groups in total. The van der Waals surface area contributed by atoms with Gasteiger partial charge in [-0.05, 0) is 31.2 Å². The van der Waals surface area contributed by atoms with E-state index in [-0.39, 0.29) is 6.10 Å². The van der Waals surface area contributed by atoms with E-state index in [4.69, 9.17) is 9.47 Å². The zero-order valence-electron chi connectivity index (χ0n) is 11.6. The van der Waals surface area contributed by atoms with Crippen LogP contribution in [0.2, 0.25) is 0 Å². The molecule has 20 heavy (non-hydrogen) atoms. The van der Waals surface area contributed by atoms with Crippen LogP contribution in [-0.4, -0.2) is 48.8 Å². The average molecular weight is 280 g/mol. The number of likely N-dealkylation sites (tertiary alicyclic amines) is 1. The summed E-state index contributed by atoms with van der Waals surface area (Å²) < 4.78 is 24.2. The van der Waals surface area contributed by atoms with Crippen molar-refractivity contribution in [3.63, 3.8) is 0 Å². The van der Waals surface area contributed by atoms with Crippen molar-refractivity contribution in [3.8, 4) is 5.88 Å². The third-order valence-corrected chi connectivity index (χ3v) is 4.05. The number of nitrogens with zero attached hydrogens (tertiary/aromatic N) is 2. The third kappa shape index (κ3) is 3.67. The normalized spacial score (nSPS) is 24.9. The Balaban J connectivity index is 1.43. The van der Waals surface area contributed by atoms with Crippen molar-refractivity contribution in [1.29, 1.82) is 0 Å². The van der Waals surface area contributed by atoms with Gasteiger partial charge < -0.3 is 14.4 Å². The molecular weight excluding hydrogens is 259 g/mol. The summed E-state index contributed by atoms with van der Waals surface area (Å²) in [6.45, 7) is 5.02. The first-order valence-corrected chi connectivity index (χ1v) is 7.39. The molecular formula is C15H21FN2O2. The first-order valence-electron chi connectivity index (χ1n) is 7.39. The number of piperidine rings is 1. The van der Waals surface area contributed by atoms with Gasteiger partial charge in [0, 0.05) is 32.3 Å². The van der Waals surface area contributed by atoms with E-state index in [1.807, 2.05) is 0 Å². The van der Waals surface area contributed by atoms with Crippen LogP contribution in [-0.2, 0) is 4.74 Å². The van der Waals surface area contributed by atoms with E-state index < -0.39 is 5.95 Å². The van der Waals surface area contributed by atoms with Crippen LogP contribution in [0.4, 0.5) is 4.39 Å². The largest absolute Gasteiger partial charge is 0.474 e. The van der Waals surface area contributed by atoms with E-state index in [9.17, 15) is 4.39 Å². The predicted octanol–water partition coefficient (Wildman–Crippen LogP) is 2.10. The van der Waals surface area contributed by atoms with E-state index in [0.717, 1.165) is 45.7 Å². The van der Waals surface area contributed by atoms with Crippen LogP contribution in [0.1, 0.15) is 19.3 Å². The van der Waals surface area contributed by atoms with Gasteiger partial charge in [0.25, 0.3) is 0 Å². The lowest BCUT2D eigenvalue weighted by atomic mass is 10.0. The lowest BCUT2D eigenvalue weighted by Gasteiger charge is -2.33. The van der Waals surface area contributed by atoms with Crippen LogP contribution in [0.3, 0.4) is 0 Å². The highest BCUT2D eigenvalue weighted by Crippen LogP contribution is 2.20. The summed E-state index contributed by atoms with van der Waals surface area (Å²) in [6.07, 6.45) is 3.29. The first kappa shape index (κ1) is 13.8. The van der Waals surface area contributed by atoms with Gasteiger partial charge in [-0.15, -0.1) is 0 Å². The van der Waals surface area contributed by atoms with Crippen molar-refractivity contribution in [3.05, 3.63) is 24.1 Å². The quantitative estimate of drug-likeness (QED) is 0.791. The van der Waals surface area contributed by atoms with Crippen molar-refractivity contribution >= 4 is 0 Å². The molecule has 1 aromatic heterocycles. The predicted molar refractivity (Wildman–Crippen MR) is 73.2 cm³/mol. The smallest absolute Gasteiger partial charge is 0.216 e. The van der Waals surface area contributed by atoms with Gasteiger partial charge in [-0.1, -0.05) is 6.07 Å². The zero-order valence-corrected chi connectivity index (χ0v) is 11.6. The Hall–Kier alpha value is -1.20. The lowest BCUT2D eigenvalue weighted by molar-refractivity contribution is 0.0845. The Morgan fingerprint density at radius 2 is 2.15 bits per heavy atom. The number of pyridine rings is 1. The monoisotopic (exact) mass is 280 g/mol. The Morgan fingerprint density at radius 3 is 2.85 bits per heavy atom. The molecule has 0 amide bonds. The molecule has 2 fully saturated rings. The summed E-state index contributed by atoms with van der Waals surface area (Å²) in [7, 11) is 0. The Morgan fingerprint density at radius 1 is 1.30 bits per heavy atom. The fourth-order valence-electron chi connectivity index (χ4n) is 2.93. The van der Waals surface area contributed by atoms with Crippen LogP contribution in [0.15, 0.2) is 18.2 Å². The van der Waals surface area contributed by atoms with E-state index in [1.165, 1.54) is 12.5 Å². The molecule has 0 aliphatic carbocycles. The number of hydrogen-bond donors (Lipinski definition) is 0. The van der Waals surface area contributed by atoms with Crippen LogP contribution >= 0.6 is 0 Å². The van der Waals surface area contributed by atoms with E-state index in [1.54, 1.807) is 12.1 Å². The second-order valence-electron chi connectivity index (χ2n) is 5.65. The number of ether oxygens (including phenoxy) is 2. The maximum Gasteiger partial charge on any atom is 0.216 e. The molecule has 110 valence electrons.